The highest BCUT2D eigenvalue weighted by atomic mass is 32.2. The van der Waals surface area contributed by atoms with E-state index in [0.717, 1.165) is 4.90 Å². The number of aliphatic carboxylic acids is 1. The van der Waals surface area contributed by atoms with Crippen molar-refractivity contribution in [3.05, 3.63) is 33.1 Å². The quantitative estimate of drug-likeness (QED) is 0.230. The smallest absolute Gasteiger partial charge is 0.390 e. The van der Waals surface area contributed by atoms with Crippen LogP contribution in [-0.2, 0) is 30.5 Å². The lowest BCUT2D eigenvalue weighted by molar-refractivity contribution is -0.389. The highest BCUT2D eigenvalue weighted by Gasteiger charge is 2.54. The van der Waals surface area contributed by atoms with Crippen molar-refractivity contribution in [2.45, 2.75) is 38.7 Å². The molecule has 13 nitrogen and oxygen atoms in total. The molecule has 0 bridgehead atoms. The molecule has 14 heteroatoms. The molecule has 1 fully saturated rings. The summed E-state index contributed by atoms with van der Waals surface area (Å²) in [7, 11) is 0. The van der Waals surface area contributed by atoms with Crippen molar-refractivity contribution in [2.75, 3.05) is 12.4 Å². The van der Waals surface area contributed by atoms with E-state index in [1.165, 1.54) is 29.4 Å². The second kappa shape index (κ2) is 8.98. The number of hydrogen-bond acceptors (Lipinski definition) is 9. The van der Waals surface area contributed by atoms with Crippen molar-refractivity contribution < 1.29 is 33.9 Å². The Bertz CT molecular complexity index is 1030. The first kappa shape index (κ1) is 23.2. The van der Waals surface area contributed by atoms with Gasteiger partial charge in [-0.2, -0.15) is 4.68 Å². The van der Waals surface area contributed by atoms with Crippen LogP contribution in [-0.4, -0.2) is 72.2 Å². The minimum atomic E-state index is -1.32. The predicted molar refractivity (Wildman–Crippen MR) is 109 cm³/mol. The average molecular weight is 467 g/mol. The third-order valence-corrected chi connectivity index (χ3v) is 6.39. The summed E-state index contributed by atoms with van der Waals surface area (Å²) in [5.74, 6) is -3.68. The lowest BCUT2D eigenvalue weighted by Crippen LogP contribution is -2.71. The van der Waals surface area contributed by atoms with E-state index in [4.69, 9.17) is 4.74 Å². The standard InChI is InChI=1S/C18H21N5O8S/c1-8(5-21-9(2)4-12(20-21)23(29)30)15(25)19-13-16(26)22-14(18(27)28)11(6-31-10(3)24)7-32-17(13)22/h4,8,13,17H,5-7H2,1-3H3,(H,19,25)(H,27,28)/t8-,13-,17-/m0/s1. The van der Waals surface area contributed by atoms with Gasteiger partial charge >= 0.3 is 17.8 Å². The number of esters is 1. The highest BCUT2D eigenvalue weighted by Crippen LogP contribution is 2.40. The summed E-state index contributed by atoms with van der Waals surface area (Å²) in [6.45, 7) is 4.26. The van der Waals surface area contributed by atoms with Crippen LogP contribution in [0.15, 0.2) is 17.3 Å². The molecule has 0 aromatic carbocycles. The van der Waals surface area contributed by atoms with Crippen LogP contribution in [0.1, 0.15) is 19.5 Å². The van der Waals surface area contributed by atoms with E-state index >= 15 is 0 Å². The second-order valence-corrected chi connectivity index (χ2v) is 8.52. The fraction of sp³-hybridized carbons (Fsp3) is 0.500. The summed E-state index contributed by atoms with van der Waals surface area (Å²) < 4.78 is 6.23. The van der Waals surface area contributed by atoms with Crippen LogP contribution in [0.3, 0.4) is 0 Å². The Morgan fingerprint density at radius 2 is 2.16 bits per heavy atom. The molecule has 2 aliphatic rings. The van der Waals surface area contributed by atoms with Crippen LogP contribution in [0.4, 0.5) is 5.82 Å². The van der Waals surface area contributed by atoms with Gasteiger partial charge in [-0.25, -0.2) is 4.79 Å². The minimum Gasteiger partial charge on any atom is -0.477 e. The Morgan fingerprint density at radius 3 is 2.72 bits per heavy atom. The number of carboxylic acids is 1. The minimum absolute atomic E-state index is 0.0702. The Hall–Kier alpha value is -3.42. The third kappa shape index (κ3) is 4.44. The molecule has 3 rings (SSSR count). The maximum Gasteiger partial charge on any atom is 0.390 e. The van der Waals surface area contributed by atoms with Crippen LogP contribution in [0, 0.1) is 23.0 Å². The van der Waals surface area contributed by atoms with Crippen molar-refractivity contribution in [3.8, 4) is 0 Å². The summed E-state index contributed by atoms with van der Waals surface area (Å²) in [4.78, 5) is 59.4. The molecule has 1 saturated heterocycles. The molecule has 0 spiro atoms. The molecular weight excluding hydrogens is 446 g/mol. The van der Waals surface area contributed by atoms with Gasteiger partial charge < -0.3 is 25.3 Å². The summed E-state index contributed by atoms with van der Waals surface area (Å²) in [6, 6.07) is 0.386. The lowest BCUT2D eigenvalue weighted by atomic mass is 10.0. The van der Waals surface area contributed by atoms with Gasteiger partial charge in [0.15, 0.2) is 0 Å². The number of rotatable bonds is 8. The van der Waals surface area contributed by atoms with Gasteiger partial charge in [-0.15, -0.1) is 11.8 Å². The van der Waals surface area contributed by atoms with Gasteiger partial charge in [0.05, 0.1) is 29.3 Å². The molecule has 0 saturated carbocycles. The van der Waals surface area contributed by atoms with E-state index in [-0.39, 0.29) is 30.4 Å². The van der Waals surface area contributed by atoms with Crippen LogP contribution in [0.5, 0.6) is 0 Å². The number of thioether (sulfide) groups is 1. The van der Waals surface area contributed by atoms with Gasteiger partial charge in [-0.3, -0.25) is 19.3 Å². The Labute approximate surface area is 185 Å². The van der Waals surface area contributed by atoms with Crippen LogP contribution >= 0.6 is 11.8 Å². The second-order valence-electron chi connectivity index (χ2n) is 7.42. The van der Waals surface area contributed by atoms with E-state index in [9.17, 15) is 34.4 Å². The highest BCUT2D eigenvalue weighted by molar-refractivity contribution is 8.00. The normalized spacial score (nSPS) is 20.8. The number of nitrogens with one attached hydrogen (secondary N) is 1. The number of amides is 2. The van der Waals surface area contributed by atoms with Gasteiger partial charge in [-0.05, 0) is 11.8 Å². The average Bonchev–Trinajstić information content (AvgIpc) is 3.09. The number of nitrogens with zero attached hydrogens (tertiary/aromatic N) is 4. The largest absolute Gasteiger partial charge is 0.477 e. The number of nitro groups is 1. The molecule has 3 heterocycles. The van der Waals surface area contributed by atoms with E-state index in [1.807, 2.05) is 0 Å². The van der Waals surface area contributed by atoms with Crippen molar-refractivity contribution in [3.63, 3.8) is 0 Å². The summed E-state index contributed by atoms with van der Waals surface area (Å²) in [6.07, 6.45) is 0. The van der Waals surface area contributed by atoms with Gasteiger partial charge in [0.1, 0.15) is 23.7 Å². The van der Waals surface area contributed by atoms with Crippen LogP contribution in [0.2, 0.25) is 0 Å². The van der Waals surface area contributed by atoms with Crippen LogP contribution < -0.4 is 5.32 Å². The molecule has 0 unspecified atom stereocenters. The van der Waals surface area contributed by atoms with E-state index in [0.29, 0.717) is 11.3 Å². The third-order valence-electron chi connectivity index (χ3n) is 5.05. The number of carboxylic acid groups (broad SMARTS) is 1. The maximum atomic E-state index is 12.6. The first-order valence-corrected chi connectivity index (χ1v) is 10.6. The van der Waals surface area contributed by atoms with E-state index in [2.05, 4.69) is 10.4 Å². The summed E-state index contributed by atoms with van der Waals surface area (Å²) in [5.41, 5.74) is 0.579. The molecule has 32 heavy (non-hydrogen) atoms. The van der Waals surface area contributed by atoms with E-state index in [1.54, 1.807) is 13.8 Å². The Morgan fingerprint density at radius 1 is 1.47 bits per heavy atom. The first-order valence-electron chi connectivity index (χ1n) is 9.53. The van der Waals surface area contributed by atoms with Gasteiger partial charge in [-0.1, -0.05) is 6.92 Å². The number of aryl methyl sites for hydroxylation is 1. The molecule has 1 aromatic rings. The van der Waals surface area contributed by atoms with Crippen LogP contribution in [0.25, 0.3) is 0 Å². The topological polar surface area (TPSA) is 174 Å². The number of aromatic nitrogens is 2. The van der Waals surface area contributed by atoms with E-state index < -0.39 is 46.0 Å². The number of fused-ring (bicyclic) bond motifs is 1. The number of carbonyl (C=O) groups is 4. The molecule has 2 aliphatic heterocycles. The summed E-state index contributed by atoms with van der Waals surface area (Å²) >= 11 is 1.26. The number of carbonyl (C=O) groups excluding carboxylic acids is 3. The zero-order valence-corrected chi connectivity index (χ0v) is 18.2. The van der Waals surface area contributed by atoms with Crippen molar-refractivity contribution in [2.24, 2.45) is 5.92 Å². The molecule has 2 N–H and O–H groups in total. The molecule has 0 radical (unpaired) electrons. The number of hydrogen-bond donors (Lipinski definition) is 2. The Balaban J connectivity index is 1.67. The number of ether oxygens (including phenoxy) is 1. The van der Waals surface area contributed by atoms with Gasteiger partial charge in [0.2, 0.25) is 5.91 Å². The zero-order chi connectivity index (χ0) is 23.7. The molecule has 2 amide bonds. The zero-order valence-electron chi connectivity index (χ0n) is 17.4. The van der Waals surface area contributed by atoms with Gasteiger partial charge in [0.25, 0.3) is 5.91 Å². The fourth-order valence-electron chi connectivity index (χ4n) is 3.39. The molecule has 1 aromatic heterocycles. The fourth-order valence-corrected chi connectivity index (χ4v) is 4.72. The van der Waals surface area contributed by atoms with Crippen molar-refractivity contribution in [1.29, 1.82) is 0 Å². The predicted octanol–water partition coefficient (Wildman–Crippen LogP) is 0.0375. The molecular formula is C18H21N5O8S. The van der Waals surface area contributed by atoms with Crippen molar-refractivity contribution >= 4 is 41.3 Å². The SMILES string of the molecule is CC(=O)OCC1=C(C(=O)O)N2C(=O)[C@H](NC(=O)[C@@H](C)Cn3nc([N+](=O)[O-])cc3C)[C@@H]2SC1. The monoisotopic (exact) mass is 467 g/mol. The first-order chi connectivity index (χ1) is 15.0. The molecule has 0 aliphatic carbocycles. The lowest BCUT2D eigenvalue weighted by Gasteiger charge is -2.49. The summed E-state index contributed by atoms with van der Waals surface area (Å²) in [5, 5.41) is 26.3. The molecule has 3 atom stereocenters. The van der Waals surface area contributed by atoms with Crippen molar-refractivity contribution in [1.82, 2.24) is 20.0 Å². The molecule has 172 valence electrons. The number of β-lactam (4-membered cyclic amide) rings is 1. The Kier molecular flexibility index (Phi) is 6.52. The van der Waals surface area contributed by atoms with Gasteiger partial charge in [0, 0.05) is 18.2 Å². The maximum absolute atomic E-state index is 12.6.